The van der Waals surface area contributed by atoms with Gasteiger partial charge in [0, 0.05) is 11.3 Å². The molecule has 1 aromatic carbocycles. The van der Waals surface area contributed by atoms with Gasteiger partial charge in [-0.05, 0) is 30.5 Å². The van der Waals surface area contributed by atoms with Crippen molar-refractivity contribution in [3.63, 3.8) is 0 Å². The van der Waals surface area contributed by atoms with Crippen LogP contribution in [0, 0.1) is 5.92 Å². The first-order valence-electron chi connectivity index (χ1n) is 7.18. The van der Waals surface area contributed by atoms with Crippen molar-refractivity contribution < 1.29 is 14.7 Å². The van der Waals surface area contributed by atoms with Gasteiger partial charge in [-0.3, -0.25) is 4.79 Å². The van der Waals surface area contributed by atoms with Crippen LogP contribution in [0.1, 0.15) is 11.8 Å². The lowest BCUT2D eigenvalue weighted by atomic mass is 10.0. The maximum absolute atomic E-state index is 12.6. The summed E-state index contributed by atoms with van der Waals surface area (Å²) in [6.45, 7) is 2.36. The van der Waals surface area contributed by atoms with E-state index in [1.807, 2.05) is 30.5 Å². The van der Waals surface area contributed by atoms with Gasteiger partial charge >= 0.3 is 0 Å². The highest BCUT2D eigenvalue weighted by Crippen LogP contribution is 2.25. The van der Waals surface area contributed by atoms with E-state index in [2.05, 4.69) is 10.5 Å². The fourth-order valence-corrected chi connectivity index (χ4v) is 2.85. The number of oxime groups is 1. The molecule has 0 aliphatic rings. The SMILES string of the molecule is CCOc1ccccc1NC(=O)[C@@H](Cc1cccs1)/C(N)=N\O. The van der Waals surface area contributed by atoms with Crippen molar-refractivity contribution in [2.75, 3.05) is 11.9 Å². The van der Waals surface area contributed by atoms with Gasteiger partial charge in [0.15, 0.2) is 5.84 Å². The highest BCUT2D eigenvalue weighted by atomic mass is 32.1. The van der Waals surface area contributed by atoms with Crippen molar-refractivity contribution in [2.45, 2.75) is 13.3 Å². The molecular formula is C16H19N3O3S. The summed E-state index contributed by atoms with van der Waals surface area (Å²) in [4.78, 5) is 13.5. The number of nitrogens with zero attached hydrogens (tertiary/aromatic N) is 1. The summed E-state index contributed by atoms with van der Waals surface area (Å²) >= 11 is 1.52. The molecule has 0 bridgehead atoms. The molecule has 122 valence electrons. The first-order valence-corrected chi connectivity index (χ1v) is 8.06. The Labute approximate surface area is 138 Å². The van der Waals surface area contributed by atoms with Crippen LogP contribution in [0.25, 0.3) is 0 Å². The Morgan fingerprint density at radius 1 is 1.39 bits per heavy atom. The minimum atomic E-state index is -0.756. The summed E-state index contributed by atoms with van der Waals surface area (Å²) in [5, 5.41) is 16.7. The minimum Gasteiger partial charge on any atom is -0.492 e. The van der Waals surface area contributed by atoms with E-state index in [1.165, 1.54) is 11.3 Å². The van der Waals surface area contributed by atoms with E-state index in [9.17, 15) is 4.79 Å². The summed E-state index contributed by atoms with van der Waals surface area (Å²) in [6.07, 6.45) is 0.371. The molecule has 2 rings (SSSR count). The number of thiophene rings is 1. The third-order valence-electron chi connectivity index (χ3n) is 3.22. The Morgan fingerprint density at radius 3 is 2.83 bits per heavy atom. The standard InChI is InChI=1S/C16H19N3O3S/c1-2-22-14-8-4-3-7-13(14)18-16(20)12(15(17)19-21)10-11-6-5-9-23-11/h3-9,12,21H,2,10H2,1H3,(H2,17,19)(H,18,20)/t12-/m0/s1. The fourth-order valence-electron chi connectivity index (χ4n) is 2.10. The summed E-state index contributed by atoms with van der Waals surface area (Å²) in [7, 11) is 0. The number of anilines is 1. The molecular weight excluding hydrogens is 314 g/mol. The van der Waals surface area contributed by atoms with Crippen LogP contribution in [0.5, 0.6) is 5.75 Å². The second kappa shape index (κ2) is 8.19. The molecule has 2 aromatic rings. The number of amidine groups is 1. The van der Waals surface area contributed by atoms with Gasteiger partial charge in [-0.15, -0.1) is 11.3 Å². The highest BCUT2D eigenvalue weighted by molar-refractivity contribution is 7.09. The zero-order valence-corrected chi connectivity index (χ0v) is 13.5. The molecule has 23 heavy (non-hydrogen) atoms. The molecule has 0 unspecified atom stereocenters. The van der Waals surface area contributed by atoms with Crippen molar-refractivity contribution in [1.82, 2.24) is 0 Å². The average Bonchev–Trinajstić information content (AvgIpc) is 3.07. The summed E-state index contributed by atoms with van der Waals surface area (Å²) < 4.78 is 5.49. The number of carbonyl (C=O) groups excluding carboxylic acids is 1. The van der Waals surface area contributed by atoms with E-state index in [1.54, 1.807) is 18.2 Å². The molecule has 1 heterocycles. The van der Waals surface area contributed by atoms with Crippen molar-refractivity contribution in [1.29, 1.82) is 0 Å². The molecule has 1 aromatic heterocycles. The number of carbonyl (C=O) groups is 1. The Morgan fingerprint density at radius 2 is 2.17 bits per heavy atom. The number of rotatable bonds is 7. The predicted octanol–water partition coefficient (Wildman–Crippen LogP) is 2.69. The van der Waals surface area contributed by atoms with Crippen molar-refractivity contribution in [3.8, 4) is 5.75 Å². The lowest BCUT2D eigenvalue weighted by molar-refractivity contribution is -0.118. The normalized spacial score (nSPS) is 12.7. The molecule has 0 radical (unpaired) electrons. The average molecular weight is 333 g/mol. The summed E-state index contributed by atoms with van der Waals surface area (Å²) in [5.74, 6) is -0.642. The van der Waals surface area contributed by atoms with Gasteiger partial charge in [0.1, 0.15) is 11.7 Å². The van der Waals surface area contributed by atoms with Crippen molar-refractivity contribution in [3.05, 3.63) is 46.7 Å². The first kappa shape index (κ1) is 16.8. The number of nitrogens with two attached hydrogens (primary N) is 1. The van der Waals surface area contributed by atoms with Gasteiger partial charge in [0.2, 0.25) is 5.91 Å². The van der Waals surface area contributed by atoms with Crippen LogP contribution in [0.15, 0.2) is 46.9 Å². The quantitative estimate of drug-likeness (QED) is 0.314. The number of benzene rings is 1. The molecule has 6 nitrogen and oxygen atoms in total. The van der Waals surface area contributed by atoms with E-state index in [-0.39, 0.29) is 11.7 Å². The molecule has 0 aliphatic carbocycles. The zero-order chi connectivity index (χ0) is 16.7. The molecule has 0 saturated carbocycles. The monoisotopic (exact) mass is 333 g/mol. The third-order valence-corrected chi connectivity index (χ3v) is 4.12. The smallest absolute Gasteiger partial charge is 0.235 e. The molecule has 0 fully saturated rings. The Bertz CT molecular complexity index is 671. The number of amides is 1. The molecule has 0 saturated heterocycles. The Hall–Kier alpha value is -2.54. The first-order chi connectivity index (χ1) is 11.2. The van der Waals surface area contributed by atoms with Crippen LogP contribution in [0.3, 0.4) is 0 Å². The lowest BCUT2D eigenvalue weighted by Gasteiger charge is -2.16. The number of hydrogen-bond donors (Lipinski definition) is 3. The van der Waals surface area contributed by atoms with E-state index in [4.69, 9.17) is 15.7 Å². The summed E-state index contributed by atoms with van der Waals surface area (Å²) in [6, 6.07) is 11.0. The van der Waals surface area contributed by atoms with Gasteiger partial charge in [-0.25, -0.2) is 0 Å². The Balaban J connectivity index is 2.18. The molecule has 4 N–H and O–H groups in total. The minimum absolute atomic E-state index is 0.121. The van der Waals surface area contributed by atoms with Crippen molar-refractivity contribution >= 4 is 28.8 Å². The van der Waals surface area contributed by atoms with Gasteiger partial charge in [0.05, 0.1) is 12.3 Å². The summed E-state index contributed by atoms with van der Waals surface area (Å²) in [5.41, 5.74) is 6.25. The molecule has 1 atom stereocenters. The van der Waals surface area contributed by atoms with Crippen LogP contribution in [-0.2, 0) is 11.2 Å². The van der Waals surface area contributed by atoms with Crippen LogP contribution in [0.4, 0.5) is 5.69 Å². The van der Waals surface area contributed by atoms with Crippen LogP contribution in [-0.4, -0.2) is 23.6 Å². The second-order valence-electron chi connectivity index (χ2n) is 4.78. The van der Waals surface area contributed by atoms with E-state index < -0.39 is 5.92 Å². The lowest BCUT2D eigenvalue weighted by Crippen LogP contribution is -2.36. The molecule has 1 amide bonds. The number of hydrogen-bond acceptors (Lipinski definition) is 5. The maximum atomic E-state index is 12.6. The molecule has 7 heteroatoms. The van der Waals surface area contributed by atoms with Gasteiger partial charge in [0.25, 0.3) is 0 Å². The van der Waals surface area contributed by atoms with Gasteiger partial charge in [-0.2, -0.15) is 0 Å². The van der Waals surface area contributed by atoms with Crippen molar-refractivity contribution in [2.24, 2.45) is 16.8 Å². The van der Waals surface area contributed by atoms with Gasteiger partial charge in [-0.1, -0.05) is 23.4 Å². The third kappa shape index (κ3) is 4.46. The van der Waals surface area contributed by atoms with E-state index in [0.29, 0.717) is 24.5 Å². The maximum Gasteiger partial charge on any atom is 0.235 e. The van der Waals surface area contributed by atoms with Crippen LogP contribution in [0.2, 0.25) is 0 Å². The largest absolute Gasteiger partial charge is 0.492 e. The predicted molar refractivity (Wildman–Crippen MR) is 91.2 cm³/mol. The number of nitrogens with one attached hydrogen (secondary N) is 1. The van der Waals surface area contributed by atoms with E-state index in [0.717, 1.165) is 4.88 Å². The zero-order valence-electron chi connectivity index (χ0n) is 12.7. The molecule has 0 spiro atoms. The van der Waals surface area contributed by atoms with E-state index >= 15 is 0 Å². The van der Waals surface area contributed by atoms with Crippen LogP contribution >= 0.6 is 11.3 Å². The topological polar surface area (TPSA) is 96.9 Å². The van der Waals surface area contributed by atoms with Crippen LogP contribution < -0.4 is 15.8 Å². The number of ether oxygens (including phenoxy) is 1. The molecule has 0 aliphatic heterocycles. The van der Waals surface area contributed by atoms with Gasteiger partial charge < -0.3 is 21.0 Å². The Kier molecular flexibility index (Phi) is 5.99. The number of para-hydroxylation sites is 2. The highest BCUT2D eigenvalue weighted by Gasteiger charge is 2.25. The fraction of sp³-hybridized carbons (Fsp3) is 0.250. The second-order valence-corrected chi connectivity index (χ2v) is 5.81.